The van der Waals surface area contributed by atoms with Crippen LogP contribution in [0.4, 0.5) is 5.69 Å². The van der Waals surface area contributed by atoms with E-state index in [1.807, 2.05) is 19.1 Å². The van der Waals surface area contributed by atoms with Gasteiger partial charge in [0.2, 0.25) is 0 Å². The molecule has 1 aromatic carbocycles. The maximum atomic E-state index is 12.5. The Hall–Kier alpha value is -2.15. The highest BCUT2D eigenvalue weighted by Gasteiger charge is 2.22. The highest BCUT2D eigenvalue weighted by atomic mass is 16.5. The number of nitrogens with zero attached hydrogens (tertiary/aromatic N) is 1. The molecule has 1 heterocycles. The van der Waals surface area contributed by atoms with E-state index in [-0.39, 0.29) is 5.91 Å². The Kier molecular flexibility index (Phi) is 4.30. The first-order valence-electron chi connectivity index (χ1n) is 6.50. The van der Waals surface area contributed by atoms with Crippen molar-refractivity contribution in [2.24, 2.45) is 0 Å². The van der Waals surface area contributed by atoms with Crippen LogP contribution >= 0.6 is 0 Å². The third-order valence-corrected chi connectivity index (χ3v) is 2.97. The molecule has 1 amide bonds. The van der Waals surface area contributed by atoms with E-state index in [0.717, 1.165) is 18.7 Å². The first-order chi connectivity index (χ1) is 9.27. The number of fused-ring (bicyclic) bond motifs is 1. The second kappa shape index (κ2) is 6.14. The predicted molar refractivity (Wildman–Crippen MR) is 75.5 cm³/mol. The summed E-state index contributed by atoms with van der Waals surface area (Å²) in [4.78, 5) is 14.2. The highest BCUT2D eigenvalue weighted by molar-refractivity contribution is 5.99. The summed E-state index contributed by atoms with van der Waals surface area (Å²) in [5.41, 5.74) is 1.45. The molecule has 0 spiro atoms. The first kappa shape index (κ1) is 13.3. The number of amides is 1. The molecule has 4 heteroatoms. The number of para-hydroxylation sites is 1. The summed E-state index contributed by atoms with van der Waals surface area (Å²) in [6, 6.07) is 5.55. The minimum Gasteiger partial charge on any atom is -0.489 e. The van der Waals surface area contributed by atoms with Crippen molar-refractivity contribution in [2.75, 3.05) is 31.6 Å². The lowest BCUT2D eigenvalue weighted by atomic mass is 10.1. The van der Waals surface area contributed by atoms with Gasteiger partial charge in [0.25, 0.3) is 5.91 Å². The van der Waals surface area contributed by atoms with Crippen LogP contribution in [0.25, 0.3) is 0 Å². The smallest absolute Gasteiger partial charge is 0.258 e. The lowest BCUT2D eigenvalue weighted by molar-refractivity contribution is 0.0772. The van der Waals surface area contributed by atoms with Crippen LogP contribution in [0.1, 0.15) is 23.7 Å². The number of terminal acetylenes is 1. The molecule has 0 radical (unpaired) electrons. The molecule has 1 aliphatic rings. The van der Waals surface area contributed by atoms with E-state index in [2.05, 4.69) is 11.2 Å². The number of ether oxygens (including phenoxy) is 1. The number of benzene rings is 1. The van der Waals surface area contributed by atoms with Gasteiger partial charge in [0.05, 0.1) is 17.8 Å². The van der Waals surface area contributed by atoms with Crippen molar-refractivity contribution in [3.8, 4) is 18.1 Å². The van der Waals surface area contributed by atoms with Crippen LogP contribution in [-0.4, -0.2) is 37.0 Å². The summed E-state index contributed by atoms with van der Waals surface area (Å²) in [5, 5.41) is 3.22. The monoisotopic (exact) mass is 258 g/mol. The van der Waals surface area contributed by atoms with Gasteiger partial charge in [-0.05, 0) is 18.6 Å². The van der Waals surface area contributed by atoms with E-state index < -0.39 is 0 Å². The van der Waals surface area contributed by atoms with Gasteiger partial charge in [0.15, 0.2) is 5.75 Å². The molecular weight excluding hydrogens is 240 g/mol. The summed E-state index contributed by atoms with van der Waals surface area (Å²) in [6.45, 7) is 4.33. The average molecular weight is 258 g/mol. The van der Waals surface area contributed by atoms with E-state index in [1.165, 1.54) is 0 Å². The van der Waals surface area contributed by atoms with Crippen molar-refractivity contribution in [1.29, 1.82) is 0 Å². The van der Waals surface area contributed by atoms with Gasteiger partial charge in [-0.15, -0.1) is 6.42 Å². The van der Waals surface area contributed by atoms with Gasteiger partial charge in [-0.1, -0.05) is 18.9 Å². The number of nitrogens with one attached hydrogen (secondary N) is 1. The van der Waals surface area contributed by atoms with Crippen LogP contribution in [0.2, 0.25) is 0 Å². The van der Waals surface area contributed by atoms with Crippen molar-refractivity contribution in [2.45, 2.75) is 13.3 Å². The first-order valence-corrected chi connectivity index (χ1v) is 6.50. The minimum atomic E-state index is -0.0691. The maximum Gasteiger partial charge on any atom is 0.258 e. The number of hydrogen-bond donors (Lipinski definition) is 1. The van der Waals surface area contributed by atoms with Gasteiger partial charge in [-0.2, -0.15) is 0 Å². The molecule has 19 heavy (non-hydrogen) atoms. The standard InChI is InChI=1S/C15H18N2O2/c1-3-9-17(10-4-2)15(18)12-6-5-7-13-14(12)19-11-8-16-13/h1,5-7,16H,4,8-11H2,2H3. The number of carbonyl (C=O) groups is 1. The molecule has 0 fully saturated rings. The Morgan fingerprint density at radius 1 is 1.58 bits per heavy atom. The number of hydrogen-bond acceptors (Lipinski definition) is 3. The van der Waals surface area contributed by atoms with Gasteiger partial charge in [0, 0.05) is 13.1 Å². The SMILES string of the molecule is C#CCN(CCC)C(=O)c1cccc2c1OCCN2. The summed E-state index contributed by atoms with van der Waals surface area (Å²) in [6.07, 6.45) is 6.20. The highest BCUT2D eigenvalue weighted by Crippen LogP contribution is 2.31. The van der Waals surface area contributed by atoms with Crippen LogP contribution in [0.5, 0.6) is 5.75 Å². The zero-order valence-corrected chi connectivity index (χ0v) is 11.1. The van der Waals surface area contributed by atoms with Crippen molar-refractivity contribution in [3.63, 3.8) is 0 Å². The summed E-state index contributed by atoms with van der Waals surface area (Å²) >= 11 is 0. The lowest BCUT2D eigenvalue weighted by Crippen LogP contribution is -2.33. The van der Waals surface area contributed by atoms with Crippen molar-refractivity contribution >= 4 is 11.6 Å². The molecule has 2 rings (SSSR count). The van der Waals surface area contributed by atoms with Crippen LogP contribution in [0.15, 0.2) is 18.2 Å². The predicted octanol–water partition coefficient (Wildman–Crippen LogP) is 1.98. The Labute approximate surface area is 113 Å². The lowest BCUT2D eigenvalue weighted by Gasteiger charge is -2.24. The molecule has 4 nitrogen and oxygen atoms in total. The van der Waals surface area contributed by atoms with Gasteiger partial charge >= 0.3 is 0 Å². The largest absolute Gasteiger partial charge is 0.489 e. The average Bonchev–Trinajstić information content (AvgIpc) is 2.46. The van der Waals surface area contributed by atoms with E-state index >= 15 is 0 Å². The quantitative estimate of drug-likeness (QED) is 0.840. The normalized spacial score (nSPS) is 12.6. The Balaban J connectivity index is 2.30. The number of anilines is 1. The fourth-order valence-corrected chi connectivity index (χ4v) is 2.14. The van der Waals surface area contributed by atoms with E-state index in [0.29, 0.717) is 31.0 Å². The Bertz CT molecular complexity index is 505. The molecule has 0 saturated carbocycles. The molecule has 0 saturated heterocycles. The van der Waals surface area contributed by atoms with Gasteiger partial charge in [-0.25, -0.2) is 0 Å². The Morgan fingerprint density at radius 3 is 3.16 bits per heavy atom. The molecule has 1 aliphatic heterocycles. The molecular formula is C15H18N2O2. The second-order valence-electron chi connectivity index (χ2n) is 4.39. The van der Waals surface area contributed by atoms with Crippen LogP contribution in [0.3, 0.4) is 0 Å². The maximum absolute atomic E-state index is 12.5. The van der Waals surface area contributed by atoms with E-state index in [4.69, 9.17) is 11.2 Å². The molecule has 1 aromatic rings. The van der Waals surface area contributed by atoms with Crippen LogP contribution in [-0.2, 0) is 0 Å². The molecule has 1 N–H and O–H groups in total. The number of rotatable bonds is 4. The second-order valence-corrected chi connectivity index (χ2v) is 4.39. The summed E-state index contributed by atoms with van der Waals surface area (Å²) in [5.74, 6) is 3.10. The van der Waals surface area contributed by atoms with Crippen molar-refractivity contribution in [1.82, 2.24) is 4.90 Å². The zero-order chi connectivity index (χ0) is 13.7. The van der Waals surface area contributed by atoms with Gasteiger partial charge in [0.1, 0.15) is 6.61 Å². The minimum absolute atomic E-state index is 0.0691. The van der Waals surface area contributed by atoms with E-state index in [9.17, 15) is 4.79 Å². The molecule has 0 unspecified atom stereocenters. The van der Waals surface area contributed by atoms with Crippen LogP contribution < -0.4 is 10.1 Å². The molecule has 0 atom stereocenters. The Morgan fingerprint density at radius 2 is 2.42 bits per heavy atom. The molecule has 100 valence electrons. The topological polar surface area (TPSA) is 41.6 Å². The summed E-state index contributed by atoms with van der Waals surface area (Å²) in [7, 11) is 0. The molecule has 0 aromatic heterocycles. The van der Waals surface area contributed by atoms with Crippen molar-refractivity contribution < 1.29 is 9.53 Å². The number of carbonyl (C=O) groups excluding carboxylic acids is 1. The van der Waals surface area contributed by atoms with Gasteiger partial charge < -0.3 is 15.0 Å². The van der Waals surface area contributed by atoms with Crippen LogP contribution in [0, 0.1) is 12.3 Å². The third kappa shape index (κ3) is 2.82. The molecule has 0 aliphatic carbocycles. The summed E-state index contributed by atoms with van der Waals surface area (Å²) < 4.78 is 5.62. The van der Waals surface area contributed by atoms with Gasteiger partial charge in [-0.3, -0.25) is 4.79 Å². The fraction of sp³-hybridized carbons (Fsp3) is 0.400. The zero-order valence-electron chi connectivity index (χ0n) is 11.1. The third-order valence-electron chi connectivity index (χ3n) is 2.97. The van der Waals surface area contributed by atoms with Crippen molar-refractivity contribution in [3.05, 3.63) is 23.8 Å². The molecule has 0 bridgehead atoms. The van der Waals surface area contributed by atoms with E-state index in [1.54, 1.807) is 11.0 Å². The fourth-order valence-electron chi connectivity index (χ4n) is 2.14.